The molecule has 0 aliphatic carbocycles. The third kappa shape index (κ3) is 2.98. The fourth-order valence-electron chi connectivity index (χ4n) is 2.97. The standard InChI is InChI=1S/C16H26N2/c1-12(2)9-13(3)11-18-14(4)10-17-15-7-5-6-8-16(15)18/h5-8,12-14,17H,9-11H2,1-4H3. The van der Waals surface area contributed by atoms with Crippen molar-refractivity contribution in [3.8, 4) is 0 Å². The molecule has 2 unspecified atom stereocenters. The average Bonchev–Trinajstić information content (AvgIpc) is 2.32. The van der Waals surface area contributed by atoms with Gasteiger partial charge in [0.25, 0.3) is 0 Å². The van der Waals surface area contributed by atoms with Crippen LogP contribution in [-0.2, 0) is 0 Å². The zero-order valence-electron chi connectivity index (χ0n) is 12.1. The first-order chi connectivity index (χ1) is 8.58. The highest BCUT2D eigenvalue weighted by Gasteiger charge is 2.23. The molecular formula is C16H26N2. The molecule has 1 aliphatic rings. The number of para-hydroxylation sites is 2. The van der Waals surface area contributed by atoms with Gasteiger partial charge < -0.3 is 10.2 Å². The Morgan fingerprint density at radius 1 is 1.28 bits per heavy atom. The zero-order valence-corrected chi connectivity index (χ0v) is 12.1. The highest BCUT2D eigenvalue weighted by atomic mass is 15.2. The lowest BCUT2D eigenvalue weighted by Gasteiger charge is -2.39. The van der Waals surface area contributed by atoms with E-state index in [-0.39, 0.29) is 0 Å². The molecule has 2 atom stereocenters. The van der Waals surface area contributed by atoms with Gasteiger partial charge in [0, 0.05) is 19.1 Å². The molecule has 0 amide bonds. The van der Waals surface area contributed by atoms with Crippen LogP contribution in [0.5, 0.6) is 0 Å². The van der Waals surface area contributed by atoms with Crippen LogP contribution in [0, 0.1) is 11.8 Å². The van der Waals surface area contributed by atoms with Crippen LogP contribution >= 0.6 is 0 Å². The van der Waals surface area contributed by atoms with Crippen molar-refractivity contribution in [2.75, 3.05) is 23.3 Å². The van der Waals surface area contributed by atoms with Crippen LogP contribution in [0.3, 0.4) is 0 Å². The average molecular weight is 246 g/mol. The minimum absolute atomic E-state index is 0.578. The molecule has 1 aromatic carbocycles. The molecule has 2 heteroatoms. The van der Waals surface area contributed by atoms with E-state index in [0.717, 1.165) is 24.9 Å². The van der Waals surface area contributed by atoms with Crippen molar-refractivity contribution in [1.82, 2.24) is 0 Å². The van der Waals surface area contributed by atoms with Gasteiger partial charge in [0.15, 0.2) is 0 Å². The van der Waals surface area contributed by atoms with Gasteiger partial charge in [0.1, 0.15) is 0 Å². The van der Waals surface area contributed by atoms with Gasteiger partial charge in [-0.25, -0.2) is 0 Å². The van der Waals surface area contributed by atoms with Gasteiger partial charge in [0.2, 0.25) is 0 Å². The van der Waals surface area contributed by atoms with Gasteiger partial charge in [0.05, 0.1) is 11.4 Å². The molecule has 2 rings (SSSR count). The summed E-state index contributed by atoms with van der Waals surface area (Å²) in [7, 11) is 0. The first kappa shape index (κ1) is 13.3. The molecule has 18 heavy (non-hydrogen) atoms. The number of benzene rings is 1. The van der Waals surface area contributed by atoms with E-state index in [0.29, 0.717) is 6.04 Å². The number of nitrogens with zero attached hydrogens (tertiary/aromatic N) is 1. The quantitative estimate of drug-likeness (QED) is 0.864. The van der Waals surface area contributed by atoms with E-state index >= 15 is 0 Å². The summed E-state index contributed by atoms with van der Waals surface area (Å²) in [5, 5.41) is 3.51. The zero-order chi connectivity index (χ0) is 13.1. The first-order valence-corrected chi connectivity index (χ1v) is 7.17. The van der Waals surface area contributed by atoms with Crippen LogP contribution in [-0.4, -0.2) is 19.1 Å². The Hall–Kier alpha value is -1.18. The van der Waals surface area contributed by atoms with Gasteiger partial charge in [-0.05, 0) is 37.3 Å². The number of nitrogens with one attached hydrogen (secondary N) is 1. The molecule has 0 spiro atoms. The van der Waals surface area contributed by atoms with E-state index < -0.39 is 0 Å². The summed E-state index contributed by atoms with van der Waals surface area (Å²) in [6.45, 7) is 11.5. The van der Waals surface area contributed by atoms with Gasteiger partial charge >= 0.3 is 0 Å². The molecular weight excluding hydrogens is 220 g/mol. The maximum absolute atomic E-state index is 3.51. The fraction of sp³-hybridized carbons (Fsp3) is 0.625. The highest BCUT2D eigenvalue weighted by molar-refractivity contribution is 5.72. The third-order valence-electron chi connectivity index (χ3n) is 3.72. The van der Waals surface area contributed by atoms with Crippen molar-refractivity contribution in [1.29, 1.82) is 0 Å². The number of rotatable bonds is 4. The van der Waals surface area contributed by atoms with Crippen LogP contribution in [0.1, 0.15) is 34.1 Å². The molecule has 0 bridgehead atoms. The van der Waals surface area contributed by atoms with E-state index in [9.17, 15) is 0 Å². The van der Waals surface area contributed by atoms with Crippen LogP contribution in [0.15, 0.2) is 24.3 Å². The van der Waals surface area contributed by atoms with Gasteiger partial charge in [-0.15, -0.1) is 0 Å². The molecule has 0 saturated carbocycles. The van der Waals surface area contributed by atoms with E-state index in [2.05, 4.69) is 62.2 Å². The summed E-state index contributed by atoms with van der Waals surface area (Å²) in [6.07, 6.45) is 1.30. The molecule has 0 radical (unpaired) electrons. The maximum Gasteiger partial charge on any atom is 0.0605 e. The third-order valence-corrected chi connectivity index (χ3v) is 3.72. The second kappa shape index (κ2) is 5.64. The summed E-state index contributed by atoms with van der Waals surface area (Å²) in [4.78, 5) is 2.57. The predicted octanol–water partition coefficient (Wildman–Crippen LogP) is 3.99. The Morgan fingerprint density at radius 3 is 2.72 bits per heavy atom. The largest absolute Gasteiger partial charge is 0.381 e. The molecule has 0 saturated heterocycles. The number of hydrogen-bond acceptors (Lipinski definition) is 2. The lowest BCUT2D eigenvalue weighted by Crippen LogP contribution is -2.44. The number of fused-ring (bicyclic) bond motifs is 1. The summed E-state index contributed by atoms with van der Waals surface area (Å²) < 4.78 is 0. The van der Waals surface area contributed by atoms with E-state index in [1.54, 1.807) is 0 Å². The van der Waals surface area contributed by atoms with Gasteiger partial charge in [-0.1, -0.05) is 32.9 Å². The second-order valence-corrected chi connectivity index (χ2v) is 6.13. The van der Waals surface area contributed by atoms with E-state index in [1.165, 1.54) is 17.8 Å². The molecule has 1 aliphatic heterocycles. The summed E-state index contributed by atoms with van der Waals surface area (Å²) in [6, 6.07) is 9.24. The highest BCUT2D eigenvalue weighted by Crippen LogP contribution is 2.32. The Bertz CT molecular complexity index is 386. The van der Waals surface area contributed by atoms with Crippen molar-refractivity contribution >= 4 is 11.4 Å². The van der Waals surface area contributed by atoms with E-state index in [4.69, 9.17) is 0 Å². The molecule has 1 N–H and O–H groups in total. The van der Waals surface area contributed by atoms with E-state index in [1.807, 2.05) is 0 Å². The minimum Gasteiger partial charge on any atom is -0.381 e. The molecule has 1 aromatic rings. The van der Waals surface area contributed by atoms with Crippen LogP contribution in [0.4, 0.5) is 11.4 Å². The molecule has 0 aromatic heterocycles. The van der Waals surface area contributed by atoms with Crippen molar-refractivity contribution in [2.24, 2.45) is 11.8 Å². The van der Waals surface area contributed by atoms with Crippen molar-refractivity contribution in [3.05, 3.63) is 24.3 Å². The summed E-state index contributed by atoms with van der Waals surface area (Å²) >= 11 is 0. The Morgan fingerprint density at radius 2 is 2.00 bits per heavy atom. The second-order valence-electron chi connectivity index (χ2n) is 6.13. The first-order valence-electron chi connectivity index (χ1n) is 7.17. The lowest BCUT2D eigenvalue weighted by atomic mass is 9.97. The lowest BCUT2D eigenvalue weighted by molar-refractivity contribution is 0.423. The SMILES string of the molecule is CC(C)CC(C)CN1c2ccccc2NCC1C. The van der Waals surface area contributed by atoms with Crippen LogP contribution < -0.4 is 10.2 Å². The number of anilines is 2. The maximum atomic E-state index is 3.51. The minimum atomic E-state index is 0.578. The molecule has 100 valence electrons. The Kier molecular flexibility index (Phi) is 4.15. The monoisotopic (exact) mass is 246 g/mol. The van der Waals surface area contributed by atoms with Gasteiger partial charge in [-0.2, -0.15) is 0 Å². The van der Waals surface area contributed by atoms with Gasteiger partial charge in [-0.3, -0.25) is 0 Å². The van der Waals surface area contributed by atoms with Crippen molar-refractivity contribution in [3.63, 3.8) is 0 Å². The molecule has 0 fully saturated rings. The Labute approximate surface area is 111 Å². The van der Waals surface area contributed by atoms with Crippen molar-refractivity contribution in [2.45, 2.75) is 40.2 Å². The van der Waals surface area contributed by atoms with Crippen LogP contribution in [0.25, 0.3) is 0 Å². The van der Waals surface area contributed by atoms with Crippen LogP contribution in [0.2, 0.25) is 0 Å². The smallest absolute Gasteiger partial charge is 0.0605 e. The summed E-state index contributed by atoms with van der Waals surface area (Å²) in [5.41, 5.74) is 2.65. The summed E-state index contributed by atoms with van der Waals surface area (Å²) in [5.74, 6) is 1.53. The predicted molar refractivity (Wildman–Crippen MR) is 80.4 cm³/mol. The normalized spacial score (nSPS) is 20.5. The topological polar surface area (TPSA) is 15.3 Å². The molecule has 2 nitrogen and oxygen atoms in total. The fourth-order valence-corrected chi connectivity index (χ4v) is 2.97. The number of hydrogen-bond donors (Lipinski definition) is 1. The Balaban J connectivity index is 2.11. The molecule has 1 heterocycles. The van der Waals surface area contributed by atoms with Crippen molar-refractivity contribution < 1.29 is 0 Å².